The number of thiol groups is 1. The molecule has 0 saturated carbocycles. The third-order valence-electron chi connectivity index (χ3n) is 3.90. The minimum absolute atomic E-state index is 0.167. The summed E-state index contributed by atoms with van der Waals surface area (Å²) >= 11 is 10.3. The number of rotatable bonds is 9. The first-order valence-corrected chi connectivity index (χ1v) is 9.45. The maximum absolute atomic E-state index is 12.8. The van der Waals surface area contributed by atoms with E-state index in [0.717, 1.165) is 5.56 Å². The zero-order valence-corrected chi connectivity index (χ0v) is 17.7. The topological polar surface area (TPSA) is 60.4 Å². The SMILES string of the molecule is CCO/N=C(/C(=O)N(S)CCc1ccc(OC)c(OC)c1)c1ccc(Cl)cc1. The summed E-state index contributed by atoms with van der Waals surface area (Å²) in [6.07, 6.45) is 0.581. The lowest BCUT2D eigenvalue weighted by molar-refractivity contribution is -0.119. The van der Waals surface area contributed by atoms with Gasteiger partial charge >= 0.3 is 0 Å². The predicted octanol–water partition coefficient (Wildman–Crippen LogP) is 4.01. The van der Waals surface area contributed by atoms with E-state index in [1.165, 1.54) is 4.31 Å². The van der Waals surface area contributed by atoms with E-state index in [1.807, 2.05) is 18.2 Å². The van der Waals surface area contributed by atoms with E-state index in [9.17, 15) is 4.79 Å². The smallest absolute Gasteiger partial charge is 0.286 e. The molecule has 2 aromatic rings. The van der Waals surface area contributed by atoms with Crippen molar-refractivity contribution in [3.63, 3.8) is 0 Å². The molecule has 0 fully saturated rings. The zero-order chi connectivity index (χ0) is 20.5. The minimum Gasteiger partial charge on any atom is -0.493 e. The van der Waals surface area contributed by atoms with Crippen molar-refractivity contribution in [2.75, 3.05) is 27.4 Å². The molecule has 150 valence electrons. The molecule has 0 spiro atoms. The van der Waals surface area contributed by atoms with E-state index in [4.69, 9.17) is 25.9 Å². The Hall–Kier alpha value is -2.38. The van der Waals surface area contributed by atoms with Crippen molar-refractivity contribution in [2.45, 2.75) is 13.3 Å². The number of ether oxygens (including phenoxy) is 2. The van der Waals surface area contributed by atoms with Crippen molar-refractivity contribution in [2.24, 2.45) is 5.16 Å². The van der Waals surface area contributed by atoms with Crippen LogP contribution in [0.5, 0.6) is 11.5 Å². The van der Waals surface area contributed by atoms with E-state index >= 15 is 0 Å². The van der Waals surface area contributed by atoms with Gasteiger partial charge in [0.1, 0.15) is 6.61 Å². The highest BCUT2D eigenvalue weighted by atomic mass is 35.5. The Morgan fingerprint density at radius 3 is 2.39 bits per heavy atom. The number of hydrogen-bond acceptors (Lipinski definition) is 6. The van der Waals surface area contributed by atoms with Crippen molar-refractivity contribution in [1.82, 2.24) is 4.31 Å². The first-order chi connectivity index (χ1) is 13.5. The Kier molecular flexibility index (Phi) is 8.47. The second-order valence-corrected chi connectivity index (χ2v) is 6.65. The van der Waals surface area contributed by atoms with Gasteiger partial charge in [-0.1, -0.05) is 47.8 Å². The largest absolute Gasteiger partial charge is 0.493 e. The maximum atomic E-state index is 12.8. The fraction of sp³-hybridized carbons (Fsp3) is 0.300. The summed E-state index contributed by atoms with van der Waals surface area (Å²) in [5, 5.41) is 4.54. The lowest BCUT2D eigenvalue weighted by atomic mass is 10.1. The van der Waals surface area contributed by atoms with Crippen LogP contribution in [-0.2, 0) is 16.1 Å². The van der Waals surface area contributed by atoms with E-state index in [2.05, 4.69) is 18.0 Å². The number of halogens is 1. The van der Waals surface area contributed by atoms with Gasteiger partial charge in [0.15, 0.2) is 17.2 Å². The van der Waals surface area contributed by atoms with E-state index in [0.29, 0.717) is 41.7 Å². The Balaban J connectivity index is 2.11. The van der Waals surface area contributed by atoms with Crippen LogP contribution in [0.1, 0.15) is 18.1 Å². The molecule has 6 nitrogen and oxygen atoms in total. The summed E-state index contributed by atoms with van der Waals surface area (Å²) in [5.41, 5.74) is 1.76. The van der Waals surface area contributed by atoms with Gasteiger partial charge in [0.2, 0.25) is 0 Å². The molecule has 0 N–H and O–H groups in total. The van der Waals surface area contributed by atoms with E-state index in [1.54, 1.807) is 45.4 Å². The van der Waals surface area contributed by atoms with Gasteiger partial charge in [-0.15, -0.1) is 0 Å². The summed E-state index contributed by atoms with van der Waals surface area (Å²) in [6.45, 7) is 2.52. The summed E-state index contributed by atoms with van der Waals surface area (Å²) in [4.78, 5) is 18.0. The monoisotopic (exact) mass is 422 g/mol. The van der Waals surface area contributed by atoms with E-state index < -0.39 is 0 Å². The van der Waals surface area contributed by atoms with Crippen LogP contribution in [0.3, 0.4) is 0 Å². The summed E-state index contributed by atoms with van der Waals surface area (Å²) in [5.74, 6) is 0.926. The molecule has 2 aromatic carbocycles. The molecule has 8 heteroatoms. The fourth-order valence-electron chi connectivity index (χ4n) is 2.45. The second-order valence-electron chi connectivity index (χ2n) is 5.73. The summed E-state index contributed by atoms with van der Waals surface area (Å²) in [7, 11) is 3.17. The number of benzene rings is 2. The molecular weight excluding hydrogens is 400 g/mol. The summed E-state index contributed by atoms with van der Waals surface area (Å²) in [6, 6.07) is 12.4. The molecule has 1 amide bonds. The Labute approximate surface area is 175 Å². The Bertz CT molecular complexity index is 827. The van der Waals surface area contributed by atoms with Crippen LogP contribution in [0.4, 0.5) is 0 Å². The van der Waals surface area contributed by atoms with Crippen molar-refractivity contribution < 1.29 is 19.1 Å². The maximum Gasteiger partial charge on any atom is 0.286 e. The number of nitrogens with zero attached hydrogens (tertiary/aromatic N) is 2. The van der Waals surface area contributed by atoms with Crippen molar-refractivity contribution >= 4 is 36.0 Å². The van der Waals surface area contributed by atoms with Gasteiger partial charge in [-0.3, -0.25) is 9.10 Å². The Morgan fingerprint density at radius 2 is 1.79 bits per heavy atom. The van der Waals surface area contributed by atoms with Gasteiger partial charge in [0.05, 0.1) is 14.2 Å². The second kappa shape index (κ2) is 10.8. The standard InChI is InChI=1S/C20H23ClN2O4S/c1-4-27-22-19(15-6-8-16(21)9-7-15)20(24)23(28)12-11-14-5-10-17(25-2)18(13-14)26-3/h5-10,13,28H,4,11-12H2,1-3H3/b22-19+. The van der Waals surface area contributed by atoms with Crippen LogP contribution < -0.4 is 9.47 Å². The van der Waals surface area contributed by atoms with Crippen LogP contribution in [0, 0.1) is 0 Å². The van der Waals surface area contributed by atoms with Crippen molar-refractivity contribution in [3.05, 3.63) is 58.6 Å². The van der Waals surface area contributed by atoms with Gasteiger partial charge in [-0.2, -0.15) is 0 Å². The van der Waals surface area contributed by atoms with Gasteiger partial charge < -0.3 is 14.3 Å². The van der Waals surface area contributed by atoms with Crippen LogP contribution in [0.25, 0.3) is 0 Å². The van der Waals surface area contributed by atoms with Crippen molar-refractivity contribution in [1.29, 1.82) is 0 Å². The highest BCUT2D eigenvalue weighted by Crippen LogP contribution is 2.27. The first-order valence-electron chi connectivity index (χ1n) is 8.67. The molecule has 0 heterocycles. The predicted molar refractivity (Wildman–Crippen MR) is 114 cm³/mol. The lowest BCUT2D eigenvalue weighted by Gasteiger charge is -2.17. The third-order valence-corrected chi connectivity index (χ3v) is 4.53. The van der Waals surface area contributed by atoms with Crippen LogP contribution in [-0.4, -0.2) is 43.3 Å². The fourth-order valence-corrected chi connectivity index (χ4v) is 2.77. The number of carbonyl (C=O) groups excluding carboxylic acids is 1. The van der Waals surface area contributed by atoms with Gasteiger partial charge in [0, 0.05) is 17.1 Å². The molecule has 0 aliphatic carbocycles. The van der Waals surface area contributed by atoms with Gasteiger partial charge in [0.25, 0.3) is 5.91 Å². The number of oxime groups is 1. The van der Waals surface area contributed by atoms with Crippen LogP contribution in [0.15, 0.2) is 47.6 Å². The Morgan fingerprint density at radius 1 is 1.11 bits per heavy atom. The van der Waals surface area contributed by atoms with Gasteiger partial charge in [-0.25, -0.2) is 0 Å². The molecule has 28 heavy (non-hydrogen) atoms. The molecule has 2 rings (SSSR count). The normalized spacial score (nSPS) is 11.1. The average Bonchev–Trinajstić information content (AvgIpc) is 2.72. The van der Waals surface area contributed by atoms with Crippen LogP contribution in [0.2, 0.25) is 5.02 Å². The lowest BCUT2D eigenvalue weighted by Crippen LogP contribution is -2.32. The number of carbonyl (C=O) groups is 1. The molecule has 0 atom stereocenters. The quantitative estimate of drug-likeness (QED) is 0.377. The highest BCUT2D eigenvalue weighted by molar-refractivity contribution is 7.78. The molecule has 0 aliphatic rings. The number of amides is 1. The summed E-state index contributed by atoms with van der Waals surface area (Å²) < 4.78 is 11.9. The molecule has 0 unspecified atom stereocenters. The highest BCUT2D eigenvalue weighted by Gasteiger charge is 2.20. The number of methoxy groups -OCH3 is 2. The third kappa shape index (κ3) is 5.81. The van der Waals surface area contributed by atoms with E-state index in [-0.39, 0.29) is 11.6 Å². The average molecular weight is 423 g/mol. The zero-order valence-electron chi connectivity index (χ0n) is 16.0. The molecule has 0 bridgehead atoms. The minimum atomic E-state index is -0.361. The molecule has 0 aliphatic heterocycles. The molecule has 0 radical (unpaired) electrons. The van der Waals surface area contributed by atoms with Gasteiger partial charge in [-0.05, 0) is 43.2 Å². The molecular formula is C20H23ClN2O4S. The van der Waals surface area contributed by atoms with Crippen LogP contribution >= 0.6 is 24.4 Å². The molecule has 0 aromatic heterocycles. The van der Waals surface area contributed by atoms with Crippen molar-refractivity contribution in [3.8, 4) is 11.5 Å². The molecule has 0 saturated heterocycles. The number of hydrogen-bond donors (Lipinski definition) is 1. The first kappa shape index (κ1) is 21.9.